The van der Waals surface area contributed by atoms with Crippen LogP contribution in [0.5, 0.6) is 11.5 Å². The van der Waals surface area contributed by atoms with Crippen molar-refractivity contribution in [1.29, 1.82) is 0 Å². The SMILES string of the molecule is COc1ccc(CN(CCO)CCC(=O)O)c(OC)c1. The Labute approximate surface area is 118 Å². The molecule has 0 aliphatic heterocycles. The minimum atomic E-state index is -0.852. The maximum Gasteiger partial charge on any atom is 0.304 e. The van der Waals surface area contributed by atoms with E-state index in [1.54, 1.807) is 20.3 Å². The number of benzene rings is 1. The average Bonchev–Trinajstić information content (AvgIpc) is 2.45. The Bertz CT molecular complexity index is 436. The summed E-state index contributed by atoms with van der Waals surface area (Å²) < 4.78 is 10.4. The Morgan fingerprint density at radius 1 is 1.25 bits per heavy atom. The van der Waals surface area contributed by atoms with E-state index in [-0.39, 0.29) is 13.0 Å². The van der Waals surface area contributed by atoms with E-state index in [1.165, 1.54) is 0 Å². The summed E-state index contributed by atoms with van der Waals surface area (Å²) in [4.78, 5) is 12.5. The molecule has 6 heteroatoms. The van der Waals surface area contributed by atoms with Crippen LogP contribution < -0.4 is 9.47 Å². The van der Waals surface area contributed by atoms with E-state index < -0.39 is 5.97 Å². The van der Waals surface area contributed by atoms with E-state index in [2.05, 4.69) is 0 Å². The number of hydrogen-bond acceptors (Lipinski definition) is 5. The zero-order chi connectivity index (χ0) is 15.0. The third-order valence-corrected chi connectivity index (χ3v) is 2.95. The fourth-order valence-electron chi connectivity index (χ4n) is 1.89. The number of aliphatic carboxylic acids is 1. The number of nitrogens with zero attached hydrogens (tertiary/aromatic N) is 1. The van der Waals surface area contributed by atoms with E-state index in [4.69, 9.17) is 19.7 Å². The minimum Gasteiger partial charge on any atom is -0.497 e. The predicted octanol–water partition coefficient (Wildman–Crippen LogP) is 0.973. The van der Waals surface area contributed by atoms with Gasteiger partial charge in [-0.1, -0.05) is 6.07 Å². The fourth-order valence-corrected chi connectivity index (χ4v) is 1.89. The number of hydrogen-bond donors (Lipinski definition) is 2. The second-order valence-corrected chi connectivity index (χ2v) is 4.32. The van der Waals surface area contributed by atoms with E-state index in [9.17, 15) is 4.79 Å². The number of aliphatic hydroxyl groups is 1. The lowest BCUT2D eigenvalue weighted by atomic mass is 10.1. The number of ether oxygens (including phenoxy) is 2. The van der Waals surface area contributed by atoms with Crippen LogP contribution in [0.1, 0.15) is 12.0 Å². The molecule has 0 amide bonds. The van der Waals surface area contributed by atoms with Crippen molar-refractivity contribution in [1.82, 2.24) is 4.90 Å². The molecule has 6 nitrogen and oxygen atoms in total. The van der Waals surface area contributed by atoms with Crippen molar-refractivity contribution >= 4 is 5.97 Å². The van der Waals surface area contributed by atoms with Gasteiger partial charge in [-0.3, -0.25) is 9.69 Å². The van der Waals surface area contributed by atoms with Gasteiger partial charge < -0.3 is 19.7 Å². The summed E-state index contributed by atoms with van der Waals surface area (Å²) in [6.45, 7) is 1.30. The summed E-state index contributed by atoms with van der Waals surface area (Å²) in [6.07, 6.45) is 0.0401. The Kier molecular flexibility index (Phi) is 6.83. The first kappa shape index (κ1) is 16.3. The van der Waals surface area contributed by atoms with Gasteiger partial charge in [-0.05, 0) is 6.07 Å². The van der Waals surface area contributed by atoms with Gasteiger partial charge in [0.05, 0.1) is 27.2 Å². The van der Waals surface area contributed by atoms with Crippen LogP contribution in [0.4, 0.5) is 0 Å². The van der Waals surface area contributed by atoms with Crippen molar-refractivity contribution in [2.24, 2.45) is 0 Å². The van der Waals surface area contributed by atoms with Gasteiger partial charge in [0.15, 0.2) is 0 Å². The number of carboxylic acid groups (broad SMARTS) is 1. The largest absolute Gasteiger partial charge is 0.497 e. The molecule has 1 rings (SSSR count). The first-order valence-electron chi connectivity index (χ1n) is 6.36. The Hall–Kier alpha value is -1.79. The lowest BCUT2D eigenvalue weighted by molar-refractivity contribution is -0.137. The van der Waals surface area contributed by atoms with Crippen LogP contribution in [0.3, 0.4) is 0 Å². The number of aliphatic hydroxyl groups excluding tert-OH is 1. The standard InChI is InChI=1S/C14H21NO5/c1-19-12-4-3-11(13(9-12)20-2)10-15(7-8-16)6-5-14(17)18/h3-4,9,16H,5-8,10H2,1-2H3,(H,17,18). The van der Waals surface area contributed by atoms with E-state index in [1.807, 2.05) is 17.0 Å². The summed E-state index contributed by atoms with van der Waals surface area (Å²) in [7, 11) is 3.16. The smallest absolute Gasteiger partial charge is 0.304 e. The summed E-state index contributed by atoms with van der Waals surface area (Å²) in [5.74, 6) is 0.530. The molecule has 0 saturated carbocycles. The number of methoxy groups -OCH3 is 2. The molecule has 0 aliphatic rings. The van der Waals surface area contributed by atoms with Crippen LogP contribution >= 0.6 is 0 Å². The van der Waals surface area contributed by atoms with Crippen LogP contribution in [0.15, 0.2) is 18.2 Å². The van der Waals surface area contributed by atoms with Crippen LogP contribution in [0.25, 0.3) is 0 Å². The normalized spacial score (nSPS) is 10.6. The number of carbonyl (C=O) groups is 1. The zero-order valence-electron chi connectivity index (χ0n) is 11.8. The van der Waals surface area contributed by atoms with Gasteiger partial charge >= 0.3 is 5.97 Å². The molecule has 0 heterocycles. The molecule has 0 aliphatic carbocycles. The second-order valence-electron chi connectivity index (χ2n) is 4.32. The average molecular weight is 283 g/mol. The van der Waals surface area contributed by atoms with Crippen LogP contribution in [-0.2, 0) is 11.3 Å². The highest BCUT2D eigenvalue weighted by Gasteiger charge is 2.12. The van der Waals surface area contributed by atoms with E-state index >= 15 is 0 Å². The first-order chi connectivity index (χ1) is 9.60. The Morgan fingerprint density at radius 3 is 2.55 bits per heavy atom. The third kappa shape index (κ3) is 5.07. The highest BCUT2D eigenvalue weighted by atomic mass is 16.5. The van der Waals surface area contributed by atoms with Gasteiger partial charge in [-0.25, -0.2) is 0 Å². The molecule has 0 aromatic heterocycles. The Morgan fingerprint density at radius 2 is 2.00 bits per heavy atom. The van der Waals surface area contributed by atoms with Crippen molar-refractivity contribution in [3.63, 3.8) is 0 Å². The molecule has 0 atom stereocenters. The predicted molar refractivity (Wildman–Crippen MR) is 74.2 cm³/mol. The highest BCUT2D eigenvalue weighted by Crippen LogP contribution is 2.25. The van der Waals surface area contributed by atoms with Gasteiger partial charge in [-0.15, -0.1) is 0 Å². The molecule has 0 spiro atoms. The number of rotatable bonds is 9. The monoisotopic (exact) mass is 283 g/mol. The quantitative estimate of drug-likeness (QED) is 0.703. The lowest BCUT2D eigenvalue weighted by Gasteiger charge is -2.22. The first-order valence-corrected chi connectivity index (χ1v) is 6.36. The van der Waals surface area contributed by atoms with Crippen LogP contribution in [-0.4, -0.2) is 55.0 Å². The molecule has 0 saturated heterocycles. The van der Waals surface area contributed by atoms with Gasteiger partial charge in [0.25, 0.3) is 0 Å². The molecule has 0 unspecified atom stereocenters. The maximum atomic E-state index is 10.6. The topological polar surface area (TPSA) is 79.2 Å². The second kappa shape index (κ2) is 8.39. The third-order valence-electron chi connectivity index (χ3n) is 2.95. The van der Waals surface area contributed by atoms with Gasteiger partial charge in [0.2, 0.25) is 0 Å². The molecular weight excluding hydrogens is 262 g/mol. The van der Waals surface area contributed by atoms with Gasteiger partial charge in [0.1, 0.15) is 11.5 Å². The Balaban J connectivity index is 2.78. The zero-order valence-corrected chi connectivity index (χ0v) is 11.8. The molecule has 112 valence electrons. The van der Waals surface area contributed by atoms with Crippen molar-refractivity contribution in [2.75, 3.05) is 33.9 Å². The number of carboxylic acids is 1. The molecule has 0 fully saturated rings. The summed E-state index contributed by atoms with van der Waals surface area (Å²) in [5.41, 5.74) is 0.923. The molecular formula is C14H21NO5. The molecule has 20 heavy (non-hydrogen) atoms. The van der Waals surface area contributed by atoms with Crippen molar-refractivity contribution in [2.45, 2.75) is 13.0 Å². The lowest BCUT2D eigenvalue weighted by Crippen LogP contribution is -2.29. The molecule has 1 aromatic rings. The van der Waals surface area contributed by atoms with Crippen LogP contribution in [0, 0.1) is 0 Å². The van der Waals surface area contributed by atoms with E-state index in [0.717, 1.165) is 5.56 Å². The van der Waals surface area contributed by atoms with Gasteiger partial charge in [-0.2, -0.15) is 0 Å². The minimum absolute atomic E-state index is 0.0158. The van der Waals surface area contributed by atoms with Gasteiger partial charge in [0, 0.05) is 31.3 Å². The van der Waals surface area contributed by atoms with Crippen LogP contribution in [0.2, 0.25) is 0 Å². The summed E-state index contributed by atoms with van der Waals surface area (Å²) in [5, 5.41) is 17.8. The fraction of sp³-hybridized carbons (Fsp3) is 0.500. The molecule has 0 bridgehead atoms. The molecule has 0 radical (unpaired) electrons. The van der Waals surface area contributed by atoms with E-state index in [0.29, 0.717) is 31.1 Å². The van der Waals surface area contributed by atoms with Crippen molar-refractivity contribution in [3.05, 3.63) is 23.8 Å². The van der Waals surface area contributed by atoms with Crippen molar-refractivity contribution < 1.29 is 24.5 Å². The highest BCUT2D eigenvalue weighted by molar-refractivity contribution is 5.66. The molecule has 2 N–H and O–H groups in total. The van der Waals surface area contributed by atoms with Crippen molar-refractivity contribution in [3.8, 4) is 11.5 Å². The molecule has 1 aromatic carbocycles. The summed E-state index contributed by atoms with van der Waals surface area (Å²) >= 11 is 0. The summed E-state index contributed by atoms with van der Waals surface area (Å²) in [6, 6.07) is 5.48. The maximum absolute atomic E-state index is 10.6.